The number of carbonyl (C=O) groups excluding carboxylic acids is 1. The van der Waals surface area contributed by atoms with Crippen LogP contribution < -0.4 is 4.74 Å². The fourth-order valence-electron chi connectivity index (χ4n) is 1.36. The molecule has 3 nitrogen and oxygen atoms in total. The lowest BCUT2D eigenvalue weighted by molar-refractivity contribution is -0.127. The van der Waals surface area contributed by atoms with Gasteiger partial charge in [-0.25, -0.2) is 0 Å². The van der Waals surface area contributed by atoms with Gasteiger partial charge in [0, 0.05) is 19.7 Å². The van der Waals surface area contributed by atoms with E-state index in [2.05, 4.69) is 6.58 Å². The number of carbonyl (C=O) groups is 1. The molecular formula is C13H17NO2. The molecule has 0 heterocycles. The highest BCUT2D eigenvalue weighted by atomic mass is 16.5. The summed E-state index contributed by atoms with van der Waals surface area (Å²) in [7, 11) is 5.09. The van der Waals surface area contributed by atoms with Crippen LogP contribution in [0.1, 0.15) is 11.1 Å². The van der Waals surface area contributed by atoms with Crippen LogP contribution in [0.15, 0.2) is 24.8 Å². The van der Waals surface area contributed by atoms with Crippen molar-refractivity contribution in [1.29, 1.82) is 0 Å². The molecule has 1 rings (SSSR count). The number of ether oxygens (including phenoxy) is 1. The van der Waals surface area contributed by atoms with E-state index in [1.54, 1.807) is 32.2 Å². The van der Waals surface area contributed by atoms with E-state index in [-0.39, 0.29) is 5.91 Å². The van der Waals surface area contributed by atoms with Gasteiger partial charge in [-0.1, -0.05) is 24.8 Å². The SMILES string of the molecule is C=Cc1ccc(CC(=O)N(C)C)c(OC)c1. The highest BCUT2D eigenvalue weighted by Crippen LogP contribution is 2.21. The van der Waals surface area contributed by atoms with Crippen LogP contribution in [0.3, 0.4) is 0 Å². The van der Waals surface area contributed by atoms with Crippen LogP contribution in [0.2, 0.25) is 0 Å². The van der Waals surface area contributed by atoms with E-state index in [0.29, 0.717) is 6.42 Å². The molecule has 0 aromatic heterocycles. The van der Waals surface area contributed by atoms with E-state index in [9.17, 15) is 4.79 Å². The molecule has 0 aliphatic rings. The molecule has 0 unspecified atom stereocenters. The number of hydrogen-bond acceptors (Lipinski definition) is 2. The van der Waals surface area contributed by atoms with Crippen LogP contribution in [0, 0.1) is 0 Å². The molecule has 0 aliphatic carbocycles. The van der Waals surface area contributed by atoms with Crippen LogP contribution >= 0.6 is 0 Å². The molecule has 3 heteroatoms. The number of likely N-dealkylation sites (N-methyl/N-ethyl adjacent to an activating group) is 1. The van der Waals surface area contributed by atoms with Gasteiger partial charge in [0.05, 0.1) is 13.5 Å². The predicted octanol–water partition coefficient (Wildman–Crippen LogP) is 1.97. The first-order valence-corrected chi connectivity index (χ1v) is 5.08. The number of rotatable bonds is 4. The number of methoxy groups -OCH3 is 1. The smallest absolute Gasteiger partial charge is 0.226 e. The lowest BCUT2D eigenvalue weighted by Gasteiger charge is -2.13. The summed E-state index contributed by atoms with van der Waals surface area (Å²) in [6, 6.07) is 5.70. The fourth-order valence-corrected chi connectivity index (χ4v) is 1.36. The van der Waals surface area contributed by atoms with Crippen molar-refractivity contribution in [3.05, 3.63) is 35.9 Å². The second kappa shape index (κ2) is 5.35. The molecule has 1 amide bonds. The Balaban J connectivity index is 2.95. The largest absolute Gasteiger partial charge is 0.496 e. The summed E-state index contributed by atoms with van der Waals surface area (Å²) in [5, 5.41) is 0. The summed E-state index contributed by atoms with van der Waals surface area (Å²) in [5.41, 5.74) is 1.88. The zero-order valence-corrected chi connectivity index (χ0v) is 9.99. The Hall–Kier alpha value is -1.77. The highest BCUT2D eigenvalue weighted by Gasteiger charge is 2.10. The molecule has 0 radical (unpaired) electrons. The first kappa shape index (κ1) is 12.3. The van der Waals surface area contributed by atoms with Crippen molar-refractivity contribution in [2.75, 3.05) is 21.2 Å². The lowest BCUT2D eigenvalue weighted by Crippen LogP contribution is -2.23. The summed E-state index contributed by atoms with van der Waals surface area (Å²) >= 11 is 0. The van der Waals surface area contributed by atoms with Crippen LogP contribution in [0.4, 0.5) is 0 Å². The quantitative estimate of drug-likeness (QED) is 0.774. The fraction of sp³-hybridized carbons (Fsp3) is 0.308. The molecule has 0 N–H and O–H groups in total. The summed E-state index contributed by atoms with van der Waals surface area (Å²) in [4.78, 5) is 13.2. The van der Waals surface area contributed by atoms with Crippen LogP contribution in [0.25, 0.3) is 6.08 Å². The summed E-state index contributed by atoms with van der Waals surface area (Å²) in [6.07, 6.45) is 2.10. The third-order valence-electron chi connectivity index (χ3n) is 2.39. The molecule has 0 spiro atoms. The molecule has 0 bridgehead atoms. The standard InChI is InChI=1S/C13H17NO2/c1-5-10-6-7-11(12(8-10)16-4)9-13(15)14(2)3/h5-8H,1,9H2,2-4H3. The monoisotopic (exact) mass is 219 g/mol. The van der Waals surface area contributed by atoms with E-state index in [0.717, 1.165) is 16.9 Å². The zero-order valence-electron chi connectivity index (χ0n) is 9.99. The Morgan fingerprint density at radius 2 is 2.19 bits per heavy atom. The Morgan fingerprint density at radius 3 is 2.69 bits per heavy atom. The van der Waals surface area contributed by atoms with Gasteiger partial charge in [-0.05, 0) is 11.6 Å². The highest BCUT2D eigenvalue weighted by molar-refractivity contribution is 5.79. The van der Waals surface area contributed by atoms with Gasteiger partial charge in [0.1, 0.15) is 5.75 Å². The van der Waals surface area contributed by atoms with Gasteiger partial charge in [0.2, 0.25) is 5.91 Å². The van der Waals surface area contributed by atoms with Crippen molar-refractivity contribution in [2.24, 2.45) is 0 Å². The molecular weight excluding hydrogens is 202 g/mol. The second-order valence-electron chi connectivity index (χ2n) is 3.74. The summed E-state index contributed by atoms with van der Waals surface area (Å²) in [6.45, 7) is 3.69. The second-order valence-corrected chi connectivity index (χ2v) is 3.74. The molecule has 0 fully saturated rings. The Bertz CT molecular complexity index is 397. The van der Waals surface area contributed by atoms with E-state index in [1.165, 1.54) is 0 Å². The van der Waals surface area contributed by atoms with Crippen molar-refractivity contribution in [3.8, 4) is 5.75 Å². The Kier molecular flexibility index (Phi) is 4.11. The van der Waals surface area contributed by atoms with Crippen molar-refractivity contribution >= 4 is 12.0 Å². The number of nitrogens with zero attached hydrogens (tertiary/aromatic N) is 1. The molecule has 0 aliphatic heterocycles. The minimum atomic E-state index is 0.0599. The third-order valence-corrected chi connectivity index (χ3v) is 2.39. The van der Waals surface area contributed by atoms with E-state index in [1.807, 2.05) is 18.2 Å². The van der Waals surface area contributed by atoms with Crippen LogP contribution in [-0.4, -0.2) is 32.0 Å². The van der Waals surface area contributed by atoms with Gasteiger partial charge < -0.3 is 9.64 Å². The van der Waals surface area contributed by atoms with Gasteiger partial charge in [-0.2, -0.15) is 0 Å². The Labute approximate surface area is 96.3 Å². The molecule has 16 heavy (non-hydrogen) atoms. The minimum absolute atomic E-state index is 0.0599. The third kappa shape index (κ3) is 2.86. The number of hydrogen-bond donors (Lipinski definition) is 0. The predicted molar refractivity (Wildman–Crippen MR) is 65.5 cm³/mol. The minimum Gasteiger partial charge on any atom is -0.496 e. The Morgan fingerprint density at radius 1 is 1.50 bits per heavy atom. The van der Waals surface area contributed by atoms with Crippen molar-refractivity contribution in [3.63, 3.8) is 0 Å². The molecule has 0 atom stereocenters. The first-order valence-electron chi connectivity index (χ1n) is 5.08. The summed E-state index contributed by atoms with van der Waals surface area (Å²) in [5.74, 6) is 0.789. The number of amides is 1. The van der Waals surface area contributed by atoms with E-state index in [4.69, 9.17) is 4.74 Å². The molecule has 86 valence electrons. The average molecular weight is 219 g/mol. The topological polar surface area (TPSA) is 29.5 Å². The molecule has 0 saturated carbocycles. The van der Waals surface area contributed by atoms with Crippen molar-refractivity contribution in [2.45, 2.75) is 6.42 Å². The molecule has 1 aromatic rings. The van der Waals surface area contributed by atoms with Gasteiger partial charge >= 0.3 is 0 Å². The van der Waals surface area contributed by atoms with Gasteiger partial charge in [0.15, 0.2) is 0 Å². The van der Waals surface area contributed by atoms with Crippen LogP contribution in [-0.2, 0) is 11.2 Å². The maximum absolute atomic E-state index is 11.6. The van der Waals surface area contributed by atoms with E-state index >= 15 is 0 Å². The van der Waals surface area contributed by atoms with E-state index < -0.39 is 0 Å². The van der Waals surface area contributed by atoms with Gasteiger partial charge in [0.25, 0.3) is 0 Å². The van der Waals surface area contributed by atoms with Crippen LogP contribution in [0.5, 0.6) is 5.75 Å². The summed E-state index contributed by atoms with van der Waals surface area (Å²) < 4.78 is 5.25. The maximum atomic E-state index is 11.6. The van der Waals surface area contributed by atoms with Crippen molar-refractivity contribution < 1.29 is 9.53 Å². The molecule has 1 aromatic carbocycles. The van der Waals surface area contributed by atoms with Crippen molar-refractivity contribution in [1.82, 2.24) is 4.90 Å². The first-order chi connectivity index (χ1) is 7.58. The van der Waals surface area contributed by atoms with Gasteiger partial charge in [-0.15, -0.1) is 0 Å². The average Bonchev–Trinajstić information content (AvgIpc) is 2.29. The maximum Gasteiger partial charge on any atom is 0.226 e. The normalized spacial score (nSPS) is 9.69. The van der Waals surface area contributed by atoms with Gasteiger partial charge in [-0.3, -0.25) is 4.79 Å². The molecule has 0 saturated heterocycles. The lowest BCUT2D eigenvalue weighted by atomic mass is 10.1. The zero-order chi connectivity index (χ0) is 12.1. The number of benzene rings is 1.